The Morgan fingerprint density at radius 1 is 1.00 bits per heavy atom. The molecule has 2 amide bonds. The summed E-state index contributed by atoms with van der Waals surface area (Å²) in [4.78, 5) is 26.0. The molecule has 1 aliphatic carbocycles. The van der Waals surface area contributed by atoms with Crippen LogP contribution in [0.2, 0.25) is 0 Å². The molecule has 0 radical (unpaired) electrons. The molecule has 3 rings (SSSR count). The van der Waals surface area contributed by atoms with Crippen LogP contribution in [0.5, 0.6) is 0 Å². The number of hydrogen-bond donors (Lipinski definition) is 2. The number of ketones is 1. The van der Waals surface area contributed by atoms with Crippen molar-refractivity contribution in [2.75, 3.05) is 14.1 Å². The van der Waals surface area contributed by atoms with E-state index in [-0.39, 0.29) is 11.1 Å². The predicted molar refractivity (Wildman–Crippen MR) is 60.5 cm³/mol. The maximum absolute atomic E-state index is 12.3. The molecule has 1 heterocycles. The summed E-state index contributed by atoms with van der Waals surface area (Å²) in [6.45, 7) is 0. The van der Waals surface area contributed by atoms with Gasteiger partial charge in [0.1, 0.15) is 0 Å². The highest BCUT2D eigenvalue weighted by Crippen LogP contribution is 2.51. The summed E-state index contributed by atoms with van der Waals surface area (Å²) in [5.74, 6) is -0.666. The quantitative estimate of drug-likeness (QED) is 0.661. The van der Waals surface area contributed by atoms with Gasteiger partial charge in [-0.3, -0.25) is 14.6 Å². The highest BCUT2D eigenvalue weighted by Gasteiger charge is 2.73. The van der Waals surface area contributed by atoms with E-state index in [1.165, 1.54) is 26.2 Å². The third-order valence-corrected chi connectivity index (χ3v) is 3.89. The monoisotopic (exact) mass is 248 g/mol. The van der Waals surface area contributed by atoms with Gasteiger partial charge in [0.25, 0.3) is 5.72 Å². The largest absolute Gasteiger partial charge is 0.362 e. The molecule has 6 nitrogen and oxygen atoms in total. The molecule has 2 N–H and O–H groups in total. The number of carbonyl (C=O) groups is 2. The van der Waals surface area contributed by atoms with Gasteiger partial charge in [-0.2, -0.15) is 0 Å². The van der Waals surface area contributed by atoms with E-state index < -0.39 is 23.3 Å². The first kappa shape index (κ1) is 11.2. The Bertz CT molecular complexity index is 587. The van der Waals surface area contributed by atoms with Gasteiger partial charge in [0.2, 0.25) is 11.5 Å². The summed E-state index contributed by atoms with van der Waals surface area (Å²) in [5.41, 5.74) is -3.82. The summed E-state index contributed by atoms with van der Waals surface area (Å²) in [7, 11) is 2.65. The van der Waals surface area contributed by atoms with E-state index in [1.54, 1.807) is 12.1 Å². The van der Waals surface area contributed by atoms with Crippen molar-refractivity contribution in [2.45, 2.75) is 11.4 Å². The number of benzene rings is 1. The fourth-order valence-electron chi connectivity index (χ4n) is 2.82. The first-order valence-corrected chi connectivity index (χ1v) is 5.47. The van der Waals surface area contributed by atoms with Crippen LogP contribution in [0.25, 0.3) is 0 Å². The number of carbonyl (C=O) groups excluding carboxylic acids is 2. The zero-order valence-corrected chi connectivity index (χ0v) is 9.91. The Balaban J connectivity index is 2.38. The van der Waals surface area contributed by atoms with Crippen LogP contribution in [0.3, 0.4) is 0 Å². The van der Waals surface area contributed by atoms with E-state index in [4.69, 9.17) is 0 Å². The van der Waals surface area contributed by atoms with Crippen LogP contribution in [0.1, 0.15) is 15.9 Å². The predicted octanol–water partition coefficient (Wildman–Crippen LogP) is -0.286. The summed E-state index contributed by atoms with van der Waals surface area (Å²) in [6, 6.07) is 5.74. The molecule has 0 saturated carbocycles. The average molecular weight is 248 g/mol. The summed E-state index contributed by atoms with van der Waals surface area (Å²) >= 11 is 0. The molecule has 1 aromatic carbocycles. The lowest BCUT2D eigenvalue weighted by Gasteiger charge is -2.34. The minimum absolute atomic E-state index is 0.230. The number of urea groups is 1. The second-order valence-corrected chi connectivity index (χ2v) is 4.62. The van der Waals surface area contributed by atoms with Crippen LogP contribution >= 0.6 is 0 Å². The van der Waals surface area contributed by atoms with Gasteiger partial charge in [-0.1, -0.05) is 24.3 Å². The molecular formula is C12H12N2O4. The molecule has 2 aliphatic rings. The van der Waals surface area contributed by atoms with E-state index in [9.17, 15) is 19.8 Å². The molecule has 0 aromatic heterocycles. The molecule has 18 heavy (non-hydrogen) atoms. The molecule has 1 aromatic rings. The number of nitrogens with zero attached hydrogens (tertiary/aromatic N) is 2. The van der Waals surface area contributed by atoms with E-state index in [2.05, 4.69) is 0 Å². The van der Waals surface area contributed by atoms with Gasteiger partial charge in [0.05, 0.1) is 0 Å². The van der Waals surface area contributed by atoms with Gasteiger partial charge in [0.15, 0.2) is 0 Å². The van der Waals surface area contributed by atoms with Gasteiger partial charge in [0, 0.05) is 25.2 Å². The van der Waals surface area contributed by atoms with Gasteiger partial charge >= 0.3 is 6.03 Å². The van der Waals surface area contributed by atoms with Crippen molar-refractivity contribution in [2.24, 2.45) is 0 Å². The number of hydrogen-bond acceptors (Lipinski definition) is 4. The molecule has 1 saturated heterocycles. The Morgan fingerprint density at radius 2 is 1.56 bits per heavy atom. The molecule has 2 atom stereocenters. The second kappa shape index (κ2) is 2.90. The zero-order chi connectivity index (χ0) is 13.3. The maximum Gasteiger partial charge on any atom is 0.324 e. The number of rotatable bonds is 0. The maximum atomic E-state index is 12.3. The van der Waals surface area contributed by atoms with E-state index >= 15 is 0 Å². The second-order valence-electron chi connectivity index (χ2n) is 4.62. The lowest BCUT2D eigenvalue weighted by molar-refractivity contribution is -0.192. The Labute approximate surface area is 103 Å². The zero-order valence-electron chi connectivity index (χ0n) is 9.91. The Hall–Kier alpha value is -1.92. The molecule has 0 bridgehead atoms. The topological polar surface area (TPSA) is 81.1 Å². The fraction of sp³-hybridized carbons (Fsp3) is 0.333. The van der Waals surface area contributed by atoms with Gasteiger partial charge in [-0.15, -0.1) is 0 Å². The van der Waals surface area contributed by atoms with Crippen molar-refractivity contribution in [1.82, 2.24) is 9.80 Å². The lowest BCUT2D eigenvalue weighted by Crippen LogP contribution is -2.58. The number of aliphatic hydroxyl groups is 2. The smallest absolute Gasteiger partial charge is 0.324 e. The normalized spacial score (nSPS) is 34.0. The minimum atomic E-state index is -2.26. The first-order valence-electron chi connectivity index (χ1n) is 5.47. The number of likely N-dealkylation sites (N-methyl/N-ethyl adjacent to an activating group) is 2. The third kappa shape index (κ3) is 0.824. The van der Waals surface area contributed by atoms with E-state index in [1.807, 2.05) is 0 Å². The Kier molecular flexibility index (Phi) is 1.81. The van der Waals surface area contributed by atoms with Crippen molar-refractivity contribution < 1.29 is 19.8 Å². The van der Waals surface area contributed by atoms with E-state index in [0.717, 1.165) is 9.80 Å². The van der Waals surface area contributed by atoms with Crippen LogP contribution in [-0.4, -0.2) is 51.6 Å². The summed E-state index contributed by atoms with van der Waals surface area (Å²) in [5, 5.41) is 21.3. The molecule has 1 fully saturated rings. The molecular weight excluding hydrogens is 236 g/mol. The summed E-state index contributed by atoms with van der Waals surface area (Å²) in [6.07, 6.45) is 0. The van der Waals surface area contributed by atoms with Crippen LogP contribution in [0.4, 0.5) is 4.79 Å². The Morgan fingerprint density at radius 3 is 2.22 bits per heavy atom. The average Bonchev–Trinajstić information content (AvgIpc) is 2.65. The highest BCUT2D eigenvalue weighted by atomic mass is 16.4. The third-order valence-electron chi connectivity index (χ3n) is 3.89. The number of amides is 2. The van der Waals surface area contributed by atoms with Gasteiger partial charge in [-0.05, 0) is 0 Å². The SMILES string of the molecule is CN1C(=O)N(C)C2(O)c3ccccc3C(=O)C12O. The van der Waals surface area contributed by atoms with Crippen molar-refractivity contribution >= 4 is 11.8 Å². The van der Waals surface area contributed by atoms with Crippen molar-refractivity contribution in [3.63, 3.8) is 0 Å². The number of Topliss-reactive ketones (excluding diaryl/α,β-unsaturated/α-hetero) is 1. The van der Waals surface area contributed by atoms with Crippen molar-refractivity contribution in [1.29, 1.82) is 0 Å². The molecule has 94 valence electrons. The van der Waals surface area contributed by atoms with Crippen LogP contribution in [-0.2, 0) is 5.72 Å². The van der Waals surface area contributed by atoms with Crippen molar-refractivity contribution in [3.8, 4) is 0 Å². The molecule has 6 heteroatoms. The molecule has 0 spiro atoms. The molecule has 2 unspecified atom stereocenters. The highest BCUT2D eigenvalue weighted by molar-refractivity contribution is 6.11. The van der Waals surface area contributed by atoms with Crippen LogP contribution in [0.15, 0.2) is 24.3 Å². The first-order chi connectivity index (χ1) is 8.36. The minimum Gasteiger partial charge on any atom is -0.362 e. The van der Waals surface area contributed by atoms with Crippen LogP contribution in [0, 0.1) is 0 Å². The standard InChI is InChI=1S/C12H12N2O4/c1-13-10(16)14(2)12(18)9(15)7-5-3-4-6-8(7)11(12,13)17/h3-6,17-18H,1-2H3. The molecule has 1 aliphatic heterocycles. The fourth-order valence-corrected chi connectivity index (χ4v) is 2.82. The van der Waals surface area contributed by atoms with E-state index in [0.29, 0.717) is 0 Å². The van der Waals surface area contributed by atoms with Crippen LogP contribution < -0.4 is 0 Å². The van der Waals surface area contributed by atoms with Crippen molar-refractivity contribution in [3.05, 3.63) is 35.4 Å². The van der Waals surface area contributed by atoms with Gasteiger partial charge < -0.3 is 10.2 Å². The summed E-state index contributed by atoms with van der Waals surface area (Å²) < 4.78 is 0. The van der Waals surface area contributed by atoms with Gasteiger partial charge in [-0.25, -0.2) is 4.79 Å². The number of fused-ring (bicyclic) bond motifs is 3. The lowest BCUT2D eigenvalue weighted by atomic mass is 9.99.